The molecule has 0 aliphatic rings. The summed E-state index contributed by atoms with van der Waals surface area (Å²) in [6.07, 6.45) is 0. The van der Waals surface area contributed by atoms with Gasteiger partial charge in [0.25, 0.3) is 0 Å². The zero-order valence-electron chi connectivity index (χ0n) is 9.78. The van der Waals surface area contributed by atoms with Gasteiger partial charge in [0.2, 0.25) is 11.7 Å². The monoisotopic (exact) mass is 250 g/mol. The third kappa shape index (κ3) is 2.46. The summed E-state index contributed by atoms with van der Waals surface area (Å²) in [4.78, 5) is 4.12. The summed E-state index contributed by atoms with van der Waals surface area (Å²) in [5, 5.41) is 0. The second-order valence-corrected chi connectivity index (χ2v) is 3.78. The third-order valence-electron chi connectivity index (χ3n) is 2.42. The largest absolute Gasteiger partial charge is 0.435 e. The minimum Gasteiger partial charge on any atom is -0.435 e. The highest BCUT2D eigenvalue weighted by molar-refractivity contribution is 5.34. The fourth-order valence-corrected chi connectivity index (χ4v) is 1.47. The van der Waals surface area contributed by atoms with Crippen LogP contribution < -0.4 is 10.5 Å². The molecular weight excluding hydrogens is 238 g/mol. The fraction of sp³-hybridized carbons (Fsp3) is 0.154. The van der Waals surface area contributed by atoms with Crippen molar-refractivity contribution in [2.24, 2.45) is 5.73 Å². The van der Waals surface area contributed by atoms with Crippen LogP contribution >= 0.6 is 0 Å². The van der Waals surface area contributed by atoms with Gasteiger partial charge in [-0.05, 0) is 25.1 Å². The molecule has 94 valence electrons. The molecule has 1 aromatic heterocycles. The molecular formula is C13H12F2N2O. The summed E-state index contributed by atoms with van der Waals surface area (Å²) in [5.74, 6) is -2.01. The predicted octanol–water partition coefficient (Wildman–Crippen LogP) is 2.92. The zero-order chi connectivity index (χ0) is 13.1. The number of ether oxygens (including phenoxy) is 1. The molecule has 0 saturated heterocycles. The first-order valence-corrected chi connectivity index (χ1v) is 5.40. The minimum absolute atomic E-state index is 0.196. The van der Waals surface area contributed by atoms with E-state index in [0.717, 1.165) is 6.07 Å². The molecule has 0 saturated carbocycles. The first-order valence-electron chi connectivity index (χ1n) is 5.40. The van der Waals surface area contributed by atoms with Crippen LogP contribution in [0.2, 0.25) is 0 Å². The SMILES string of the molecule is Cc1ccc(CN)c(Oc2cccc(F)c2F)n1. The first kappa shape index (κ1) is 12.4. The molecule has 0 amide bonds. The van der Waals surface area contributed by atoms with Gasteiger partial charge in [0.05, 0.1) is 0 Å². The molecule has 0 aliphatic carbocycles. The number of pyridine rings is 1. The van der Waals surface area contributed by atoms with Gasteiger partial charge in [0.1, 0.15) is 0 Å². The van der Waals surface area contributed by atoms with E-state index in [9.17, 15) is 8.78 Å². The fourth-order valence-electron chi connectivity index (χ4n) is 1.47. The van der Waals surface area contributed by atoms with Crippen molar-refractivity contribution < 1.29 is 13.5 Å². The van der Waals surface area contributed by atoms with Crippen molar-refractivity contribution in [2.75, 3.05) is 0 Å². The van der Waals surface area contributed by atoms with E-state index in [1.54, 1.807) is 19.1 Å². The van der Waals surface area contributed by atoms with Crippen molar-refractivity contribution in [1.29, 1.82) is 0 Å². The topological polar surface area (TPSA) is 48.1 Å². The second-order valence-electron chi connectivity index (χ2n) is 3.78. The van der Waals surface area contributed by atoms with E-state index in [4.69, 9.17) is 10.5 Å². The molecule has 0 spiro atoms. The van der Waals surface area contributed by atoms with Crippen LogP contribution in [0.1, 0.15) is 11.3 Å². The van der Waals surface area contributed by atoms with Gasteiger partial charge in [0, 0.05) is 17.8 Å². The molecule has 0 aliphatic heterocycles. The van der Waals surface area contributed by atoms with Gasteiger partial charge < -0.3 is 10.5 Å². The Morgan fingerprint density at radius 2 is 2.00 bits per heavy atom. The van der Waals surface area contributed by atoms with Crippen LogP contribution in [0.5, 0.6) is 11.6 Å². The smallest absolute Gasteiger partial charge is 0.224 e. The molecule has 2 N–H and O–H groups in total. The standard InChI is InChI=1S/C13H12F2N2O/c1-8-5-6-9(7-16)13(17-8)18-11-4-2-3-10(14)12(11)15/h2-6H,7,16H2,1H3. The van der Waals surface area contributed by atoms with Crippen LogP contribution in [-0.2, 0) is 6.54 Å². The molecule has 2 aromatic rings. The summed E-state index contributed by atoms with van der Waals surface area (Å²) in [6, 6.07) is 7.25. The third-order valence-corrected chi connectivity index (χ3v) is 2.42. The van der Waals surface area contributed by atoms with Crippen LogP contribution in [0.25, 0.3) is 0 Å². The van der Waals surface area contributed by atoms with Crippen LogP contribution in [-0.4, -0.2) is 4.98 Å². The van der Waals surface area contributed by atoms with Crippen LogP contribution in [0.3, 0.4) is 0 Å². The number of nitrogens with two attached hydrogens (primary N) is 1. The van der Waals surface area contributed by atoms with E-state index < -0.39 is 11.6 Å². The minimum atomic E-state index is -1.04. The predicted molar refractivity (Wildman–Crippen MR) is 63.3 cm³/mol. The van der Waals surface area contributed by atoms with Gasteiger partial charge in [-0.25, -0.2) is 9.37 Å². The number of hydrogen-bond donors (Lipinski definition) is 1. The van der Waals surface area contributed by atoms with Crippen molar-refractivity contribution in [3.63, 3.8) is 0 Å². The summed E-state index contributed by atoms with van der Waals surface area (Å²) < 4.78 is 31.8. The summed E-state index contributed by atoms with van der Waals surface area (Å²) >= 11 is 0. The molecule has 0 unspecified atom stereocenters. The molecule has 3 nitrogen and oxygen atoms in total. The van der Waals surface area contributed by atoms with Crippen molar-refractivity contribution in [3.8, 4) is 11.6 Å². The van der Waals surface area contributed by atoms with Gasteiger partial charge in [0.15, 0.2) is 11.6 Å². The zero-order valence-corrected chi connectivity index (χ0v) is 9.78. The number of nitrogens with zero attached hydrogens (tertiary/aromatic N) is 1. The van der Waals surface area contributed by atoms with Gasteiger partial charge >= 0.3 is 0 Å². The van der Waals surface area contributed by atoms with E-state index in [2.05, 4.69) is 4.98 Å². The molecule has 1 heterocycles. The first-order chi connectivity index (χ1) is 8.61. The lowest BCUT2D eigenvalue weighted by atomic mass is 10.2. The second kappa shape index (κ2) is 5.10. The van der Waals surface area contributed by atoms with Crippen LogP contribution in [0, 0.1) is 18.6 Å². The van der Waals surface area contributed by atoms with Crippen LogP contribution in [0.15, 0.2) is 30.3 Å². The summed E-state index contributed by atoms with van der Waals surface area (Å²) in [7, 11) is 0. The maximum absolute atomic E-state index is 13.5. The normalized spacial score (nSPS) is 10.4. The maximum Gasteiger partial charge on any atom is 0.224 e. The Balaban J connectivity index is 2.39. The number of benzene rings is 1. The van der Waals surface area contributed by atoms with Gasteiger partial charge in [-0.3, -0.25) is 0 Å². The highest BCUT2D eigenvalue weighted by Gasteiger charge is 2.12. The van der Waals surface area contributed by atoms with E-state index >= 15 is 0 Å². The Hall–Kier alpha value is -2.01. The average molecular weight is 250 g/mol. The Bertz CT molecular complexity index is 573. The van der Waals surface area contributed by atoms with E-state index in [0.29, 0.717) is 11.3 Å². The van der Waals surface area contributed by atoms with E-state index in [1.165, 1.54) is 12.1 Å². The number of aromatic nitrogens is 1. The van der Waals surface area contributed by atoms with Crippen LogP contribution in [0.4, 0.5) is 8.78 Å². The number of halogens is 2. The average Bonchev–Trinajstić information content (AvgIpc) is 2.35. The Morgan fingerprint density at radius 3 is 2.72 bits per heavy atom. The highest BCUT2D eigenvalue weighted by atomic mass is 19.2. The van der Waals surface area contributed by atoms with E-state index in [1.807, 2.05) is 0 Å². The number of rotatable bonds is 3. The molecule has 18 heavy (non-hydrogen) atoms. The molecule has 0 radical (unpaired) electrons. The number of hydrogen-bond acceptors (Lipinski definition) is 3. The molecule has 1 aromatic carbocycles. The molecule has 0 atom stereocenters. The molecule has 5 heteroatoms. The lowest BCUT2D eigenvalue weighted by molar-refractivity contribution is 0.401. The Morgan fingerprint density at radius 1 is 1.22 bits per heavy atom. The molecule has 2 rings (SSSR count). The van der Waals surface area contributed by atoms with Crippen molar-refractivity contribution >= 4 is 0 Å². The Labute approximate surface area is 103 Å². The highest BCUT2D eigenvalue weighted by Crippen LogP contribution is 2.27. The van der Waals surface area contributed by atoms with Crippen molar-refractivity contribution in [1.82, 2.24) is 4.98 Å². The number of aryl methyl sites for hydroxylation is 1. The lowest BCUT2D eigenvalue weighted by Crippen LogP contribution is -2.03. The van der Waals surface area contributed by atoms with Crippen molar-refractivity contribution in [2.45, 2.75) is 13.5 Å². The molecule has 0 fully saturated rings. The van der Waals surface area contributed by atoms with Gasteiger partial charge in [-0.1, -0.05) is 12.1 Å². The summed E-state index contributed by atoms with van der Waals surface area (Å²) in [6.45, 7) is 1.98. The maximum atomic E-state index is 13.5. The Kier molecular flexibility index (Phi) is 3.53. The molecule has 0 bridgehead atoms. The van der Waals surface area contributed by atoms with Gasteiger partial charge in [-0.15, -0.1) is 0 Å². The van der Waals surface area contributed by atoms with Gasteiger partial charge in [-0.2, -0.15) is 4.39 Å². The van der Waals surface area contributed by atoms with E-state index in [-0.39, 0.29) is 18.2 Å². The lowest BCUT2D eigenvalue weighted by Gasteiger charge is -2.10. The quantitative estimate of drug-likeness (QED) is 0.911. The van der Waals surface area contributed by atoms with Crippen molar-refractivity contribution in [3.05, 3.63) is 53.2 Å². The summed E-state index contributed by atoms with van der Waals surface area (Å²) in [5.41, 5.74) is 6.87.